The molecule has 0 bridgehead atoms. The first-order valence-corrected chi connectivity index (χ1v) is 7.46. The van der Waals surface area contributed by atoms with Gasteiger partial charge < -0.3 is 9.47 Å². The van der Waals surface area contributed by atoms with Crippen molar-refractivity contribution in [2.75, 3.05) is 0 Å². The zero-order valence-electron chi connectivity index (χ0n) is 12.6. The van der Waals surface area contributed by atoms with E-state index in [0.717, 1.165) is 18.2 Å². The van der Waals surface area contributed by atoms with E-state index in [-0.39, 0.29) is 33.8 Å². The highest BCUT2D eigenvalue weighted by Crippen LogP contribution is 2.38. The molecule has 0 atom stereocenters. The van der Waals surface area contributed by atoms with Gasteiger partial charge in [-0.3, -0.25) is 10.1 Å². The van der Waals surface area contributed by atoms with Crippen LogP contribution in [0.5, 0.6) is 11.5 Å². The number of rotatable bonds is 4. The van der Waals surface area contributed by atoms with Crippen molar-refractivity contribution in [2.24, 2.45) is 0 Å². The third kappa shape index (κ3) is 5.68. The van der Waals surface area contributed by atoms with Crippen LogP contribution in [0.25, 0.3) is 0 Å². The van der Waals surface area contributed by atoms with Crippen LogP contribution in [0.2, 0.25) is 0 Å². The second-order valence-corrected chi connectivity index (χ2v) is 5.82. The van der Waals surface area contributed by atoms with Gasteiger partial charge in [0.15, 0.2) is 0 Å². The standard InChI is InChI=1S/C15H10F3NO5S/c1-9-2-7-12(25-15(16,17)18)8-13(9)24-14(20)23-11-5-3-10(4-6-11)19(21)22/h2-8H,1H3. The first kappa shape index (κ1) is 18.6. The van der Waals surface area contributed by atoms with Gasteiger partial charge >= 0.3 is 11.7 Å². The minimum atomic E-state index is -4.47. The van der Waals surface area contributed by atoms with Gasteiger partial charge in [-0.25, -0.2) is 4.79 Å². The number of alkyl halides is 3. The molecule has 0 saturated carbocycles. The average molecular weight is 373 g/mol. The molecule has 10 heteroatoms. The molecule has 0 saturated heterocycles. The van der Waals surface area contributed by atoms with Crippen molar-refractivity contribution >= 4 is 23.6 Å². The van der Waals surface area contributed by atoms with Gasteiger partial charge in [-0.2, -0.15) is 13.2 Å². The Balaban J connectivity index is 2.06. The number of nitrogens with zero attached hydrogens (tertiary/aromatic N) is 1. The summed E-state index contributed by atoms with van der Waals surface area (Å²) in [5, 5.41) is 10.5. The number of carbonyl (C=O) groups is 1. The molecule has 0 amide bonds. The van der Waals surface area contributed by atoms with Crippen molar-refractivity contribution in [3.8, 4) is 11.5 Å². The predicted molar refractivity (Wildman–Crippen MR) is 82.8 cm³/mol. The molecule has 0 aliphatic carbocycles. The van der Waals surface area contributed by atoms with Gasteiger partial charge in [-0.05, 0) is 48.5 Å². The SMILES string of the molecule is Cc1ccc(SC(F)(F)F)cc1OC(=O)Oc1ccc([N+](=O)[O-])cc1. The fourth-order valence-corrected chi connectivity index (χ4v) is 2.30. The maximum Gasteiger partial charge on any atom is 0.519 e. The van der Waals surface area contributed by atoms with Gasteiger partial charge in [0, 0.05) is 17.0 Å². The number of ether oxygens (including phenoxy) is 2. The van der Waals surface area contributed by atoms with E-state index < -0.39 is 16.6 Å². The second-order valence-electron chi connectivity index (χ2n) is 4.68. The van der Waals surface area contributed by atoms with Crippen molar-refractivity contribution < 1.29 is 32.4 Å². The smallest absolute Gasteiger partial charge is 0.395 e. The summed E-state index contributed by atoms with van der Waals surface area (Å²) in [5.74, 6) is -0.0877. The van der Waals surface area contributed by atoms with Crippen molar-refractivity contribution in [3.05, 3.63) is 58.1 Å². The van der Waals surface area contributed by atoms with Gasteiger partial charge in [0.05, 0.1) is 4.92 Å². The summed E-state index contributed by atoms with van der Waals surface area (Å²) < 4.78 is 46.9. The van der Waals surface area contributed by atoms with E-state index in [1.807, 2.05) is 0 Å². The summed E-state index contributed by atoms with van der Waals surface area (Å²) >= 11 is -0.337. The Morgan fingerprint density at radius 1 is 1.12 bits per heavy atom. The van der Waals surface area contributed by atoms with Crippen LogP contribution in [0.15, 0.2) is 47.4 Å². The van der Waals surface area contributed by atoms with E-state index in [1.165, 1.54) is 24.3 Å². The molecule has 0 aliphatic heterocycles. The van der Waals surface area contributed by atoms with E-state index in [0.29, 0.717) is 5.56 Å². The van der Waals surface area contributed by atoms with Crippen LogP contribution >= 0.6 is 11.8 Å². The molecule has 2 aromatic carbocycles. The maximum atomic E-state index is 12.4. The molecule has 25 heavy (non-hydrogen) atoms. The Bertz CT molecular complexity index is 793. The van der Waals surface area contributed by atoms with E-state index in [2.05, 4.69) is 0 Å². The first-order valence-electron chi connectivity index (χ1n) is 6.64. The van der Waals surface area contributed by atoms with Gasteiger partial charge in [0.25, 0.3) is 5.69 Å². The largest absolute Gasteiger partial charge is 0.519 e. The fourth-order valence-electron chi connectivity index (χ4n) is 1.73. The van der Waals surface area contributed by atoms with E-state index in [4.69, 9.17) is 9.47 Å². The molecule has 0 aromatic heterocycles. The van der Waals surface area contributed by atoms with Gasteiger partial charge in [-0.15, -0.1) is 0 Å². The summed E-state index contributed by atoms with van der Waals surface area (Å²) in [7, 11) is 0. The monoisotopic (exact) mass is 373 g/mol. The van der Waals surface area contributed by atoms with Crippen LogP contribution < -0.4 is 9.47 Å². The minimum absolute atomic E-state index is 0.00549. The quantitative estimate of drug-likeness (QED) is 0.244. The summed E-state index contributed by atoms with van der Waals surface area (Å²) in [6.45, 7) is 1.55. The van der Waals surface area contributed by atoms with E-state index in [9.17, 15) is 28.1 Å². The highest BCUT2D eigenvalue weighted by atomic mass is 32.2. The first-order chi connectivity index (χ1) is 11.6. The van der Waals surface area contributed by atoms with Crippen molar-refractivity contribution in [1.82, 2.24) is 0 Å². The van der Waals surface area contributed by atoms with Crippen molar-refractivity contribution in [2.45, 2.75) is 17.3 Å². The van der Waals surface area contributed by atoms with E-state index in [1.54, 1.807) is 6.92 Å². The number of nitro groups is 1. The summed E-state index contributed by atoms with van der Waals surface area (Å²) in [4.78, 5) is 21.5. The number of hydrogen-bond donors (Lipinski definition) is 0. The Morgan fingerprint density at radius 3 is 2.32 bits per heavy atom. The average Bonchev–Trinajstić information content (AvgIpc) is 2.49. The molecule has 0 N–H and O–H groups in total. The zero-order valence-corrected chi connectivity index (χ0v) is 13.4. The molecule has 0 heterocycles. The van der Waals surface area contributed by atoms with Crippen molar-refractivity contribution in [1.29, 1.82) is 0 Å². The Morgan fingerprint density at radius 2 is 1.76 bits per heavy atom. The van der Waals surface area contributed by atoms with Crippen LogP contribution in [0.4, 0.5) is 23.7 Å². The third-order valence-corrected chi connectivity index (χ3v) is 3.56. The predicted octanol–water partition coefficient (Wildman–Crippen LogP) is 5.09. The number of hydrogen-bond acceptors (Lipinski definition) is 6. The summed E-state index contributed by atoms with van der Waals surface area (Å²) in [6.07, 6.45) is -1.17. The summed E-state index contributed by atoms with van der Waals surface area (Å²) in [5.41, 5.74) is -4.22. The van der Waals surface area contributed by atoms with E-state index >= 15 is 0 Å². The lowest BCUT2D eigenvalue weighted by molar-refractivity contribution is -0.384. The topological polar surface area (TPSA) is 78.7 Å². The Hall–Kier alpha value is -2.75. The fraction of sp³-hybridized carbons (Fsp3) is 0.133. The second kappa shape index (κ2) is 7.43. The zero-order chi connectivity index (χ0) is 18.6. The maximum absolute atomic E-state index is 12.4. The lowest BCUT2D eigenvalue weighted by Crippen LogP contribution is -2.14. The van der Waals surface area contributed by atoms with Crippen LogP contribution in [-0.2, 0) is 0 Å². The molecule has 6 nitrogen and oxygen atoms in total. The minimum Gasteiger partial charge on any atom is -0.395 e. The van der Waals surface area contributed by atoms with Crippen LogP contribution in [0.1, 0.15) is 5.56 Å². The molecule has 0 fully saturated rings. The van der Waals surface area contributed by atoms with Crippen LogP contribution in [-0.4, -0.2) is 16.6 Å². The molecule has 0 aliphatic rings. The molecule has 2 aromatic rings. The normalized spacial score (nSPS) is 11.0. The number of aryl methyl sites for hydroxylation is 1. The highest BCUT2D eigenvalue weighted by molar-refractivity contribution is 8.00. The molecule has 0 radical (unpaired) electrons. The Labute approximate surface area is 143 Å². The van der Waals surface area contributed by atoms with Crippen LogP contribution in [0, 0.1) is 17.0 Å². The molecule has 132 valence electrons. The van der Waals surface area contributed by atoms with Gasteiger partial charge in [-0.1, -0.05) is 6.07 Å². The molecule has 0 unspecified atom stereocenters. The molecule has 0 spiro atoms. The number of nitro benzene ring substituents is 1. The third-order valence-electron chi connectivity index (χ3n) is 2.84. The van der Waals surface area contributed by atoms with Crippen molar-refractivity contribution in [3.63, 3.8) is 0 Å². The highest BCUT2D eigenvalue weighted by Gasteiger charge is 2.29. The van der Waals surface area contributed by atoms with Gasteiger partial charge in [0.2, 0.25) is 0 Å². The number of benzene rings is 2. The number of carbonyl (C=O) groups excluding carboxylic acids is 1. The Kier molecular flexibility index (Phi) is 5.52. The molecular weight excluding hydrogens is 363 g/mol. The lowest BCUT2D eigenvalue weighted by atomic mass is 10.2. The number of non-ortho nitro benzene ring substituents is 1. The van der Waals surface area contributed by atoms with Gasteiger partial charge in [0.1, 0.15) is 11.5 Å². The lowest BCUT2D eigenvalue weighted by Gasteiger charge is -2.10. The molecule has 2 rings (SSSR count). The molecular formula is C15H10F3NO5S. The number of halogens is 3. The van der Waals surface area contributed by atoms with Crippen LogP contribution in [0.3, 0.4) is 0 Å². The summed E-state index contributed by atoms with van der Waals surface area (Å²) in [6, 6.07) is 8.36. The number of thioether (sulfide) groups is 1.